The maximum Gasteiger partial charge on any atom is 0.162 e. The molecule has 0 saturated heterocycles. The van der Waals surface area contributed by atoms with E-state index in [9.17, 15) is 5.21 Å². The molecule has 4 rings (SSSR count). The highest BCUT2D eigenvalue weighted by Gasteiger charge is 2.22. The topological polar surface area (TPSA) is 76.4 Å². The lowest BCUT2D eigenvalue weighted by Gasteiger charge is -2.06. The number of rotatable bonds is 4. The molecule has 0 atom stereocenters. The Hall–Kier alpha value is -2.83. The Bertz CT molecular complexity index is 1090. The van der Waals surface area contributed by atoms with Gasteiger partial charge in [-0.05, 0) is 30.3 Å². The fourth-order valence-electron chi connectivity index (χ4n) is 2.79. The van der Waals surface area contributed by atoms with Crippen LogP contribution in [-0.2, 0) is 6.54 Å². The molecular formula is C18H12Cl2N4O2. The fraction of sp³-hybridized carbons (Fsp3) is 0.0556. The summed E-state index contributed by atoms with van der Waals surface area (Å²) in [5.41, 5.74) is 2.39. The van der Waals surface area contributed by atoms with Crippen LogP contribution in [0.3, 0.4) is 0 Å². The van der Waals surface area contributed by atoms with Crippen LogP contribution >= 0.6 is 23.2 Å². The molecule has 130 valence electrons. The molecule has 0 spiro atoms. The Balaban J connectivity index is 1.91. The Morgan fingerprint density at radius 2 is 1.88 bits per heavy atom. The lowest BCUT2D eigenvalue weighted by Crippen LogP contribution is -2.08. The first kappa shape index (κ1) is 16.6. The smallest absolute Gasteiger partial charge is 0.162 e. The van der Waals surface area contributed by atoms with Crippen LogP contribution in [0.2, 0.25) is 10.0 Å². The molecule has 26 heavy (non-hydrogen) atoms. The molecular weight excluding hydrogens is 375 g/mol. The molecule has 0 amide bonds. The zero-order valence-corrected chi connectivity index (χ0v) is 14.8. The van der Waals surface area contributed by atoms with E-state index in [0.717, 1.165) is 10.9 Å². The first-order chi connectivity index (χ1) is 12.7. The minimum Gasteiger partial charge on any atom is -0.454 e. The van der Waals surface area contributed by atoms with Crippen molar-refractivity contribution >= 4 is 39.9 Å². The molecule has 2 heterocycles. The van der Waals surface area contributed by atoms with E-state index >= 15 is 0 Å². The number of oxime groups is 1. The number of hydrogen-bond donors (Lipinski definition) is 1. The van der Waals surface area contributed by atoms with E-state index in [4.69, 9.17) is 27.6 Å². The second kappa shape index (κ2) is 6.82. The van der Waals surface area contributed by atoms with E-state index in [1.54, 1.807) is 47.4 Å². The lowest BCUT2D eigenvalue weighted by molar-refractivity contribution is 0.318. The summed E-state index contributed by atoms with van der Waals surface area (Å²) in [5, 5.41) is 19.3. The molecule has 0 aliphatic rings. The molecule has 8 heteroatoms. The number of furan rings is 1. The van der Waals surface area contributed by atoms with Crippen molar-refractivity contribution in [1.29, 1.82) is 0 Å². The molecule has 0 aliphatic heterocycles. The maximum absolute atomic E-state index is 9.67. The van der Waals surface area contributed by atoms with E-state index < -0.39 is 0 Å². The highest BCUT2D eigenvalue weighted by Crippen LogP contribution is 2.31. The van der Waals surface area contributed by atoms with Crippen LogP contribution < -0.4 is 0 Å². The monoisotopic (exact) mass is 386 g/mol. The molecule has 4 aromatic rings. The largest absolute Gasteiger partial charge is 0.454 e. The van der Waals surface area contributed by atoms with E-state index in [0.29, 0.717) is 39.2 Å². The van der Waals surface area contributed by atoms with Crippen LogP contribution in [-0.4, -0.2) is 25.7 Å². The van der Waals surface area contributed by atoms with Gasteiger partial charge in [-0.25, -0.2) is 9.67 Å². The Labute approximate surface area is 158 Å². The summed E-state index contributed by atoms with van der Waals surface area (Å²) >= 11 is 12.1. The molecule has 0 saturated carbocycles. The second-order valence-electron chi connectivity index (χ2n) is 5.60. The molecule has 6 nitrogen and oxygen atoms in total. The first-order valence-electron chi connectivity index (χ1n) is 7.67. The van der Waals surface area contributed by atoms with E-state index in [1.807, 2.05) is 6.07 Å². The van der Waals surface area contributed by atoms with Crippen molar-refractivity contribution in [2.45, 2.75) is 6.54 Å². The number of aromatic nitrogens is 3. The zero-order valence-electron chi connectivity index (χ0n) is 13.3. The van der Waals surface area contributed by atoms with Crippen molar-refractivity contribution in [1.82, 2.24) is 14.8 Å². The number of nitrogens with zero attached hydrogens (tertiary/aromatic N) is 4. The van der Waals surface area contributed by atoms with E-state index in [2.05, 4.69) is 15.2 Å². The van der Waals surface area contributed by atoms with Crippen LogP contribution in [0.1, 0.15) is 16.9 Å². The normalized spacial score (nSPS) is 12.0. The third-order valence-corrected chi connectivity index (χ3v) is 4.46. The van der Waals surface area contributed by atoms with Gasteiger partial charge in [-0.1, -0.05) is 40.5 Å². The van der Waals surface area contributed by atoms with Gasteiger partial charge in [0.05, 0.1) is 6.54 Å². The summed E-state index contributed by atoms with van der Waals surface area (Å²) in [7, 11) is 0. The molecule has 0 aliphatic carbocycles. The summed E-state index contributed by atoms with van der Waals surface area (Å²) in [6, 6.07) is 12.3. The first-order valence-corrected chi connectivity index (χ1v) is 8.43. The third-order valence-electron chi connectivity index (χ3n) is 3.97. The van der Waals surface area contributed by atoms with Crippen LogP contribution in [0.25, 0.3) is 11.0 Å². The number of halogens is 2. The number of benzene rings is 2. The van der Waals surface area contributed by atoms with Crippen molar-refractivity contribution in [2.75, 3.05) is 0 Å². The van der Waals surface area contributed by atoms with Gasteiger partial charge in [-0.15, -0.1) is 0 Å². The van der Waals surface area contributed by atoms with Crippen molar-refractivity contribution in [3.05, 3.63) is 82.1 Å². The highest BCUT2D eigenvalue weighted by atomic mass is 35.5. The summed E-state index contributed by atoms with van der Waals surface area (Å²) in [5.74, 6) is 0.433. The SMILES string of the molecule is O/N=C(\c1ccc(Cl)cc1)c1oc2ccc(Cl)cc2c1Cn1cncn1. The van der Waals surface area contributed by atoms with Crippen LogP contribution in [0.4, 0.5) is 0 Å². The van der Waals surface area contributed by atoms with Crippen molar-refractivity contribution in [3.8, 4) is 0 Å². The predicted octanol–water partition coefficient (Wildman–Crippen LogP) is 4.61. The Kier molecular flexibility index (Phi) is 4.36. The number of hydrogen-bond acceptors (Lipinski definition) is 5. The Morgan fingerprint density at radius 1 is 1.12 bits per heavy atom. The fourth-order valence-corrected chi connectivity index (χ4v) is 3.09. The van der Waals surface area contributed by atoms with Crippen LogP contribution in [0.5, 0.6) is 0 Å². The third kappa shape index (κ3) is 3.05. The molecule has 0 fully saturated rings. The van der Waals surface area contributed by atoms with Gasteiger partial charge in [0.2, 0.25) is 0 Å². The minimum absolute atomic E-state index is 0.295. The highest BCUT2D eigenvalue weighted by molar-refractivity contribution is 6.31. The quantitative estimate of drug-likeness (QED) is 0.315. The lowest BCUT2D eigenvalue weighted by atomic mass is 10.0. The summed E-state index contributed by atoms with van der Waals surface area (Å²) in [4.78, 5) is 3.96. The average Bonchev–Trinajstić information content (AvgIpc) is 3.27. The standard InChI is InChI=1S/C18H12Cl2N4O2/c19-12-3-1-11(2-4-12)17(23-25)18-15(8-24-10-21-9-22-24)14-7-13(20)5-6-16(14)26-18/h1-7,9-10,25H,8H2/b23-17+. The van der Waals surface area contributed by atoms with Crippen LogP contribution in [0.15, 0.2) is 64.7 Å². The number of fused-ring (bicyclic) bond motifs is 1. The van der Waals surface area contributed by atoms with Gasteiger partial charge in [0, 0.05) is 26.6 Å². The second-order valence-corrected chi connectivity index (χ2v) is 6.47. The van der Waals surface area contributed by atoms with Gasteiger partial charge in [0.25, 0.3) is 0 Å². The van der Waals surface area contributed by atoms with Gasteiger partial charge < -0.3 is 9.62 Å². The molecule has 1 N–H and O–H groups in total. The minimum atomic E-state index is 0.295. The average molecular weight is 387 g/mol. The van der Waals surface area contributed by atoms with Gasteiger partial charge >= 0.3 is 0 Å². The zero-order chi connectivity index (χ0) is 18.1. The van der Waals surface area contributed by atoms with Gasteiger partial charge in [0.1, 0.15) is 18.2 Å². The Morgan fingerprint density at radius 3 is 2.58 bits per heavy atom. The molecule has 0 bridgehead atoms. The molecule has 2 aromatic heterocycles. The molecule has 0 radical (unpaired) electrons. The summed E-state index contributed by atoms with van der Waals surface area (Å²) < 4.78 is 7.65. The van der Waals surface area contributed by atoms with E-state index in [-0.39, 0.29) is 0 Å². The van der Waals surface area contributed by atoms with Crippen molar-refractivity contribution in [3.63, 3.8) is 0 Å². The van der Waals surface area contributed by atoms with Crippen molar-refractivity contribution in [2.24, 2.45) is 5.16 Å². The molecule has 2 aromatic carbocycles. The van der Waals surface area contributed by atoms with Crippen molar-refractivity contribution < 1.29 is 9.62 Å². The maximum atomic E-state index is 9.67. The summed E-state index contributed by atoms with van der Waals surface area (Å²) in [6.45, 7) is 0.384. The predicted molar refractivity (Wildman–Crippen MR) is 99.2 cm³/mol. The summed E-state index contributed by atoms with van der Waals surface area (Å²) in [6.07, 6.45) is 3.06. The van der Waals surface area contributed by atoms with Gasteiger partial charge in [-0.3, -0.25) is 0 Å². The van der Waals surface area contributed by atoms with Gasteiger partial charge in [0.15, 0.2) is 11.5 Å². The van der Waals surface area contributed by atoms with Gasteiger partial charge in [-0.2, -0.15) is 5.10 Å². The van der Waals surface area contributed by atoms with Crippen LogP contribution in [0, 0.1) is 0 Å². The van der Waals surface area contributed by atoms with E-state index in [1.165, 1.54) is 6.33 Å². The molecule has 0 unspecified atom stereocenters.